The molecule has 0 aliphatic carbocycles. The van der Waals surface area contributed by atoms with Crippen molar-refractivity contribution < 1.29 is 4.92 Å². The average Bonchev–Trinajstić information content (AvgIpc) is 2.92. The summed E-state index contributed by atoms with van der Waals surface area (Å²) >= 11 is 0. The molecule has 2 atom stereocenters. The molecule has 0 radical (unpaired) electrons. The van der Waals surface area contributed by atoms with Gasteiger partial charge in [-0.05, 0) is 32.7 Å². The zero-order chi connectivity index (χ0) is 14.3. The number of nitrogen functional groups attached to an aromatic ring is 1. The van der Waals surface area contributed by atoms with Crippen molar-refractivity contribution in [2.24, 2.45) is 0 Å². The van der Waals surface area contributed by atoms with Gasteiger partial charge in [-0.2, -0.15) is 4.98 Å². The highest BCUT2D eigenvalue weighted by Gasteiger charge is 2.38. The number of fused-ring (bicyclic) bond motifs is 1. The first kappa shape index (κ1) is 13.0. The minimum atomic E-state index is -0.446. The largest absolute Gasteiger partial charge is 0.368 e. The highest BCUT2D eigenvalue weighted by molar-refractivity contribution is 5.61. The van der Waals surface area contributed by atoms with Crippen LogP contribution in [0.15, 0.2) is 0 Å². The molecule has 3 N–H and O–H groups in total. The summed E-state index contributed by atoms with van der Waals surface area (Å²) in [7, 11) is 0. The molecule has 2 aliphatic rings. The van der Waals surface area contributed by atoms with E-state index in [4.69, 9.17) is 5.73 Å². The molecule has 0 spiro atoms. The Kier molecular flexibility index (Phi) is 3.17. The van der Waals surface area contributed by atoms with Crippen LogP contribution in [0.1, 0.15) is 25.0 Å². The maximum absolute atomic E-state index is 11.2. The zero-order valence-electron chi connectivity index (χ0n) is 11.4. The maximum atomic E-state index is 11.2. The van der Waals surface area contributed by atoms with Gasteiger partial charge in [-0.15, -0.1) is 0 Å². The number of nitro groups is 1. The molecule has 3 heterocycles. The number of hydrogen-bond donors (Lipinski definition) is 2. The summed E-state index contributed by atoms with van der Waals surface area (Å²) in [5, 5.41) is 14.4. The first-order valence-electron chi connectivity index (χ1n) is 6.85. The lowest BCUT2D eigenvalue weighted by atomic mass is 10.1. The molecule has 2 aliphatic heterocycles. The lowest BCUT2D eigenvalue weighted by Crippen LogP contribution is -2.34. The van der Waals surface area contributed by atoms with Crippen LogP contribution in [0.3, 0.4) is 0 Å². The number of nitrogens with one attached hydrogen (secondary N) is 1. The summed E-state index contributed by atoms with van der Waals surface area (Å²) in [6.45, 7) is 3.74. The number of anilines is 2. The molecule has 1 aromatic rings. The van der Waals surface area contributed by atoms with Gasteiger partial charge in [0.05, 0.1) is 4.92 Å². The minimum Gasteiger partial charge on any atom is -0.368 e. The fourth-order valence-corrected chi connectivity index (χ4v) is 3.33. The lowest BCUT2D eigenvalue weighted by molar-refractivity contribution is -0.385. The topological polar surface area (TPSA) is 110 Å². The normalized spacial score (nSPS) is 25.6. The molecule has 0 aromatic carbocycles. The summed E-state index contributed by atoms with van der Waals surface area (Å²) in [5.74, 6) is 0.315. The van der Waals surface area contributed by atoms with Crippen LogP contribution in [0.4, 0.5) is 17.5 Å². The molecule has 2 unspecified atom stereocenters. The molecule has 108 valence electrons. The Morgan fingerprint density at radius 1 is 1.40 bits per heavy atom. The van der Waals surface area contributed by atoms with Crippen molar-refractivity contribution in [2.75, 3.05) is 24.1 Å². The van der Waals surface area contributed by atoms with Gasteiger partial charge in [-0.25, -0.2) is 4.98 Å². The van der Waals surface area contributed by atoms with Crippen LogP contribution < -0.4 is 11.1 Å². The second-order valence-electron chi connectivity index (χ2n) is 5.41. The Morgan fingerprint density at radius 3 is 2.95 bits per heavy atom. The van der Waals surface area contributed by atoms with Gasteiger partial charge >= 0.3 is 5.69 Å². The Balaban J connectivity index is 1.88. The highest BCUT2D eigenvalue weighted by Crippen LogP contribution is 2.33. The van der Waals surface area contributed by atoms with E-state index in [-0.39, 0.29) is 23.5 Å². The number of nitrogens with zero attached hydrogens (tertiary/aromatic N) is 4. The standard InChI is InChI=1S/C12H18N6O2/c1-7-10(18(19)20)11(16-12(13)14-7)15-8-4-6-17-5-2-3-9(8)17/h8-9H,2-6H2,1H3,(H3,13,14,15,16). The Labute approximate surface area is 116 Å². The summed E-state index contributed by atoms with van der Waals surface area (Å²) in [5.41, 5.74) is 5.84. The van der Waals surface area contributed by atoms with Crippen molar-refractivity contribution >= 4 is 17.5 Å². The van der Waals surface area contributed by atoms with Gasteiger partial charge in [0, 0.05) is 18.6 Å². The SMILES string of the molecule is Cc1nc(N)nc(NC2CCN3CCCC23)c1[N+](=O)[O-]. The number of aromatic nitrogens is 2. The fraction of sp³-hybridized carbons (Fsp3) is 0.667. The molecular weight excluding hydrogens is 260 g/mol. The molecule has 8 nitrogen and oxygen atoms in total. The molecule has 0 amide bonds. The Hall–Kier alpha value is -1.96. The number of hydrogen-bond acceptors (Lipinski definition) is 7. The van der Waals surface area contributed by atoms with E-state index in [0.717, 1.165) is 25.9 Å². The number of nitrogens with two attached hydrogens (primary N) is 1. The van der Waals surface area contributed by atoms with Crippen molar-refractivity contribution in [3.8, 4) is 0 Å². The van der Waals surface area contributed by atoms with E-state index in [1.165, 1.54) is 6.42 Å². The van der Waals surface area contributed by atoms with Gasteiger partial charge in [0.1, 0.15) is 5.69 Å². The van der Waals surface area contributed by atoms with Crippen LogP contribution in [0.5, 0.6) is 0 Å². The molecule has 1 aromatic heterocycles. The molecular formula is C12H18N6O2. The smallest absolute Gasteiger partial charge is 0.332 e. The Morgan fingerprint density at radius 2 is 2.20 bits per heavy atom. The predicted molar refractivity (Wildman–Crippen MR) is 74.5 cm³/mol. The first-order chi connectivity index (χ1) is 9.56. The summed E-state index contributed by atoms with van der Waals surface area (Å²) in [6, 6.07) is 0.649. The summed E-state index contributed by atoms with van der Waals surface area (Å²) < 4.78 is 0. The van der Waals surface area contributed by atoms with Crippen molar-refractivity contribution in [1.82, 2.24) is 14.9 Å². The van der Waals surface area contributed by atoms with Crippen LogP contribution in [0.25, 0.3) is 0 Å². The monoisotopic (exact) mass is 278 g/mol. The van der Waals surface area contributed by atoms with Crippen LogP contribution in [0, 0.1) is 17.0 Å². The van der Waals surface area contributed by atoms with Gasteiger partial charge in [-0.3, -0.25) is 15.0 Å². The predicted octanol–water partition coefficient (Wildman–Crippen LogP) is 0.924. The van der Waals surface area contributed by atoms with E-state index < -0.39 is 4.92 Å². The molecule has 20 heavy (non-hydrogen) atoms. The average molecular weight is 278 g/mol. The third-order valence-corrected chi connectivity index (χ3v) is 4.19. The zero-order valence-corrected chi connectivity index (χ0v) is 11.4. The molecule has 0 bridgehead atoms. The van der Waals surface area contributed by atoms with Gasteiger partial charge in [0.25, 0.3) is 0 Å². The van der Waals surface area contributed by atoms with Crippen LogP contribution >= 0.6 is 0 Å². The van der Waals surface area contributed by atoms with Gasteiger partial charge in [0.2, 0.25) is 11.8 Å². The minimum absolute atomic E-state index is 0.0666. The van der Waals surface area contributed by atoms with E-state index >= 15 is 0 Å². The molecule has 2 fully saturated rings. The second kappa shape index (κ2) is 4.86. The maximum Gasteiger partial charge on any atom is 0.332 e. The highest BCUT2D eigenvalue weighted by atomic mass is 16.6. The van der Waals surface area contributed by atoms with Gasteiger partial charge < -0.3 is 11.1 Å². The molecule has 2 saturated heterocycles. The second-order valence-corrected chi connectivity index (χ2v) is 5.41. The number of aryl methyl sites for hydroxylation is 1. The Bertz CT molecular complexity index is 549. The van der Waals surface area contributed by atoms with Crippen molar-refractivity contribution in [3.05, 3.63) is 15.8 Å². The van der Waals surface area contributed by atoms with Crippen LogP contribution in [0.2, 0.25) is 0 Å². The van der Waals surface area contributed by atoms with E-state index in [1.54, 1.807) is 6.92 Å². The van der Waals surface area contributed by atoms with Crippen molar-refractivity contribution in [1.29, 1.82) is 0 Å². The molecule has 0 saturated carbocycles. The van der Waals surface area contributed by atoms with E-state index in [2.05, 4.69) is 20.2 Å². The fourth-order valence-electron chi connectivity index (χ4n) is 3.33. The third-order valence-electron chi connectivity index (χ3n) is 4.19. The van der Waals surface area contributed by atoms with Crippen LogP contribution in [-0.2, 0) is 0 Å². The van der Waals surface area contributed by atoms with Gasteiger partial charge in [0.15, 0.2) is 0 Å². The number of rotatable bonds is 3. The van der Waals surface area contributed by atoms with Gasteiger partial charge in [-0.1, -0.05) is 0 Å². The molecule has 8 heteroatoms. The summed E-state index contributed by atoms with van der Waals surface area (Å²) in [6.07, 6.45) is 3.30. The van der Waals surface area contributed by atoms with Crippen LogP contribution in [-0.4, -0.2) is 45.0 Å². The summed E-state index contributed by atoms with van der Waals surface area (Å²) in [4.78, 5) is 21.1. The lowest BCUT2D eigenvalue weighted by Gasteiger charge is -2.21. The van der Waals surface area contributed by atoms with Crippen molar-refractivity contribution in [2.45, 2.75) is 38.3 Å². The van der Waals surface area contributed by atoms with E-state index in [9.17, 15) is 10.1 Å². The first-order valence-corrected chi connectivity index (χ1v) is 6.85. The van der Waals surface area contributed by atoms with Crippen molar-refractivity contribution in [3.63, 3.8) is 0 Å². The quantitative estimate of drug-likeness (QED) is 0.625. The van der Waals surface area contributed by atoms with E-state index in [0.29, 0.717) is 11.7 Å². The van der Waals surface area contributed by atoms with E-state index in [1.807, 2.05) is 0 Å². The molecule has 3 rings (SSSR count). The third kappa shape index (κ3) is 2.15.